The first-order valence-corrected chi connectivity index (χ1v) is 12.6. The molecule has 0 N–H and O–H groups in total. The highest BCUT2D eigenvalue weighted by Crippen LogP contribution is 2.11. The van der Waals surface area contributed by atoms with Crippen molar-refractivity contribution in [1.29, 1.82) is 0 Å². The minimum absolute atomic E-state index is 0.247. The molecular formula is C25H26N2O4Si. The number of amides is 2. The van der Waals surface area contributed by atoms with E-state index in [-0.39, 0.29) is 6.61 Å². The van der Waals surface area contributed by atoms with Gasteiger partial charge in [-0.15, -0.1) is 0 Å². The number of hydrogen-bond acceptors (Lipinski definition) is 4. The Hall–Kier alpha value is -3.58. The summed E-state index contributed by atoms with van der Waals surface area (Å²) in [5, 5.41) is 9.54. The first-order valence-electron chi connectivity index (χ1n) is 10.6. The summed E-state index contributed by atoms with van der Waals surface area (Å²) in [6.45, 7) is 2.30. The second-order valence-electron chi connectivity index (χ2n) is 7.17. The van der Waals surface area contributed by atoms with Gasteiger partial charge in [0.1, 0.15) is 0 Å². The van der Waals surface area contributed by atoms with E-state index in [2.05, 4.69) is 17.2 Å². The molecule has 0 heterocycles. The maximum absolute atomic E-state index is 12.8. The Balaban J connectivity index is 1.94. The molecule has 0 unspecified atom stereocenters. The number of unbranched alkanes of at least 4 members (excludes halogenated alkanes) is 2. The lowest BCUT2D eigenvalue weighted by atomic mass is 10.3. The monoisotopic (exact) mass is 446 g/mol. The van der Waals surface area contributed by atoms with Crippen molar-refractivity contribution in [3.05, 3.63) is 91.0 Å². The topological polar surface area (TPSA) is 77.3 Å². The van der Waals surface area contributed by atoms with Crippen molar-refractivity contribution in [2.75, 3.05) is 6.61 Å². The van der Waals surface area contributed by atoms with Gasteiger partial charge in [0.15, 0.2) is 0 Å². The third kappa shape index (κ3) is 5.76. The summed E-state index contributed by atoms with van der Waals surface area (Å²) in [4.78, 5) is 24.6. The SMILES string of the molecule is CCCCCOC(=O)N=NC(=O)O[Si](c1ccccc1)(c1ccccc1)c1ccccc1. The summed E-state index contributed by atoms with van der Waals surface area (Å²) in [6, 6.07) is 28.8. The first-order chi connectivity index (χ1) is 15.7. The number of azo groups is 1. The Morgan fingerprint density at radius 1 is 0.688 bits per heavy atom. The van der Waals surface area contributed by atoms with Gasteiger partial charge in [-0.3, -0.25) is 0 Å². The molecule has 3 aromatic rings. The highest BCUT2D eigenvalue weighted by Gasteiger charge is 2.45. The zero-order valence-electron chi connectivity index (χ0n) is 18.0. The van der Waals surface area contributed by atoms with E-state index in [9.17, 15) is 9.59 Å². The number of ether oxygens (including phenoxy) is 1. The fourth-order valence-electron chi connectivity index (χ4n) is 3.47. The molecule has 7 heteroatoms. The maximum atomic E-state index is 12.8. The maximum Gasteiger partial charge on any atom is 0.452 e. The van der Waals surface area contributed by atoms with Crippen molar-refractivity contribution in [2.24, 2.45) is 10.2 Å². The molecule has 0 saturated carbocycles. The molecule has 0 fully saturated rings. The van der Waals surface area contributed by atoms with Crippen LogP contribution in [-0.4, -0.2) is 27.1 Å². The average Bonchev–Trinajstić information content (AvgIpc) is 2.85. The second-order valence-corrected chi connectivity index (χ2v) is 10.5. The summed E-state index contributed by atoms with van der Waals surface area (Å²) in [5.41, 5.74) is 0. The smallest absolute Gasteiger partial charge is 0.452 e. The Morgan fingerprint density at radius 2 is 1.12 bits per heavy atom. The van der Waals surface area contributed by atoms with Gasteiger partial charge in [0.25, 0.3) is 0 Å². The van der Waals surface area contributed by atoms with Crippen LogP contribution in [0.1, 0.15) is 26.2 Å². The van der Waals surface area contributed by atoms with E-state index in [1.807, 2.05) is 91.0 Å². The molecule has 0 bridgehead atoms. The predicted molar refractivity (Wildman–Crippen MR) is 126 cm³/mol. The number of nitrogens with zero attached hydrogens (tertiary/aromatic N) is 2. The minimum atomic E-state index is -3.25. The lowest BCUT2D eigenvalue weighted by molar-refractivity contribution is 0.152. The molecule has 3 aromatic carbocycles. The van der Waals surface area contributed by atoms with E-state index >= 15 is 0 Å². The van der Waals surface area contributed by atoms with Crippen molar-refractivity contribution in [3.8, 4) is 0 Å². The van der Waals surface area contributed by atoms with Gasteiger partial charge in [-0.2, -0.15) is 0 Å². The van der Waals surface area contributed by atoms with Crippen LogP contribution in [-0.2, 0) is 9.16 Å². The van der Waals surface area contributed by atoms with Gasteiger partial charge in [-0.1, -0.05) is 121 Å². The van der Waals surface area contributed by atoms with Gasteiger partial charge >= 0.3 is 20.5 Å². The first kappa shape index (κ1) is 23.1. The molecule has 2 amide bonds. The molecule has 0 aliphatic heterocycles. The molecule has 0 aromatic heterocycles. The van der Waals surface area contributed by atoms with Crippen LogP contribution in [0.25, 0.3) is 0 Å². The van der Waals surface area contributed by atoms with Gasteiger partial charge in [-0.25, -0.2) is 9.59 Å². The Bertz CT molecular complexity index is 931. The van der Waals surface area contributed by atoms with Crippen molar-refractivity contribution < 1.29 is 18.8 Å². The fraction of sp³-hybridized carbons (Fsp3) is 0.200. The predicted octanol–water partition coefficient (Wildman–Crippen LogP) is 4.57. The lowest BCUT2D eigenvalue weighted by Crippen LogP contribution is -2.69. The van der Waals surface area contributed by atoms with Gasteiger partial charge in [-0.05, 0) is 22.0 Å². The summed E-state index contributed by atoms with van der Waals surface area (Å²) in [6.07, 6.45) is 0.875. The number of benzene rings is 3. The van der Waals surface area contributed by atoms with E-state index in [1.165, 1.54) is 0 Å². The number of carbonyl (C=O) groups is 2. The zero-order valence-corrected chi connectivity index (χ0v) is 19.0. The van der Waals surface area contributed by atoms with Gasteiger partial charge in [0.05, 0.1) is 6.61 Å². The largest absolute Gasteiger partial charge is 0.487 e. The van der Waals surface area contributed by atoms with Crippen LogP contribution in [0.2, 0.25) is 0 Å². The average molecular weight is 447 g/mol. The molecule has 0 spiro atoms. The lowest BCUT2D eigenvalue weighted by Gasteiger charge is -2.31. The van der Waals surface area contributed by atoms with Crippen LogP contribution in [0.3, 0.4) is 0 Å². The third-order valence-electron chi connectivity index (χ3n) is 4.97. The second kappa shape index (κ2) is 11.7. The third-order valence-corrected chi connectivity index (χ3v) is 8.89. The summed E-state index contributed by atoms with van der Waals surface area (Å²) < 4.78 is 11.1. The molecule has 164 valence electrons. The molecule has 3 rings (SSSR count). The Morgan fingerprint density at radius 3 is 1.56 bits per heavy atom. The zero-order chi connectivity index (χ0) is 22.7. The standard InChI is InChI=1S/C25H26N2O4Si/c1-2-3-13-20-30-24(28)26-27-25(29)31-32(21-14-7-4-8-15-21,22-16-9-5-10-17-22)23-18-11-6-12-19-23/h4-12,14-19H,2-3,13,20H2,1H3. The van der Waals surface area contributed by atoms with E-state index in [1.54, 1.807) is 0 Å². The molecule has 0 atom stereocenters. The van der Waals surface area contributed by atoms with E-state index < -0.39 is 20.5 Å². The van der Waals surface area contributed by atoms with Gasteiger partial charge < -0.3 is 9.16 Å². The quantitative estimate of drug-likeness (QED) is 0.220. The van der Waals surface area contributed by atoms with Crippen LogP contribution >= 0.6 is 0 Å². The van der Waals surface area contributed by atoms with Gasteiger partial charge in [0, 0.05) is 0 Å². The normalized spacial score (nSPS) is 11.3. The summed E-state index contributed by atoms with van der Waals surface area (Å²) >= 11 is 0. The van der Waals surface area contributed by atoms with Gasteiger partial charge in [0.2, 0.25) is 0 Å². The van der Waals surface area contributed by atoms with Crippen LogP contribution < -0.4 is 15.6 Å². The molecule has 6 nitrogen and oxygen atoms in total. The van der Waals surface area contributed by atoms with Crippen molar-refractivity contribution in [1.82, 2.24) is 0 Å². The molecule has 0 aliphatic carbocycles. The van der Waals surface area contributed by atoms with Crippen molar-refractivity contribution in [3.63, 3.8) is 0 Å². The molecule has 32 heavy (non-hydrogen) atoms. The number of carbonyl (C=O) groups excluding carboxylic acids is 2. The summed E-state index contributed by atoms with van der Waals surface area (Å²) in [5.74, 6) is 0. The van der Waals surface area contributed by atoms with Crippen LogP contribution in [0.5, 0.6) is 0 Å². The van der Waals surface area contributed by atoms with Crippen molar-refractivity contribution in [2.45, 2.75) is 26.2 Å². The highest BCUT2D eigenvalue weighted by molar-refractivity contribution is 7.07. The van der Waals surface area contributed by atoms with Crippen molar-refractivity contribution >= 4 is 36.1 Å². The number of hydrogen-bond donors (Lipinski definition) is 0. The highest BCUT2D eigenvalue weighted by atomic mass is 28.4. The Kier molecular flexibility index (Phi) is 8.45. The van der Waals surface area contributed by atoms with Crippen LogP contribution in [0.4, 0.5) is 9.59 Å². The van der Waals surface area contributed by atoms with E-state index in [4.69, 9.17) is 9.16 Å². The Labute approximate surface area is 189 Å². The van der Waals surface area contributed by atoms with E-state index in [0.717, 1.165) is 34.8 Å². The fourth-order valence-corrected chi connectivity index (χ4v) is 7.11. The minimum Gasteiger partial charge on any atom is -0.487 e. The molecular weight excluding hydrogens is 420 g/mol. The number of rotatable bonds is 8. The van der Waals surface area contributed by atoms with Crippen LogP contribution in [0, 0.1) is 0 Å². The molecule has 0 radical (unpaired) electrons. The van der Waals surface area contributed by atoms with E-state index in [0.29, 0.717) is 0 Å². The molecule has 0 saturated heterocycles. The summed E-state index contributed by atoms with van der Waals surface area (Å²) in [7, 11) is -3.25. The van der Waals surface area contributed by atoms with Crippen LogP contribution in [0.15, 0.2) is 101 Å². The molecule has 0 aliphatic rings.